The van der Waals surface area contributed by atoms with Crippen LogP contribution in [0, 0.1) is 12.7 Å². The van der Waals surface area contributed by atoms with Crippen LogP contribution in [0.25, 0.3) is 11.3 Å². The van der Waals surface area contributed by atoms with E-state index in [2.05, 4.69) is 9.97 Å². The number of rotatable bonds is 7. The lowest BCUT2D eigenvalue weighted by Gasteiger charge is -2.10. The number of carbonyl (C=O) groups is 1. The fourth-order valence-electron chi connectivity index (χ4n) is 2.74. The topological polar surface area (TPSA) is 119 Å². The van der Waals surface area contributed by atoms with Crippen LogP contribution in [0.3, 0.4) is 0 Å². The second kappa shape index (κ2) is 8.66. The Morgan fingerprint density at radius 2 is 1.97 bits per heavy atom. The fourth-order valence-corrected chi connectivity index (χ4v) is 2.74. The maximum Gasteiger partial charge on any atom is 0.223 e. The molecule has 0 saturated heterocycles. The summed E-state index contributed by atoms with van der Waals surface area (Å²) in [6.45, 7) is 1.92. The third-order valence-corrected chi connectivity index (χ3v) is 4.18. The van der Waals surface area contributed by atoms with Crippen LogP contribution in [0.15, 0.2) is 42.5 Å². The number of phenols is 1. The number of aryl methyl sites for hydroxylation is 1. The molecular formula is C21H20FN3O4. The first kappa shape index (κ1) is 20.2. The van der Waals surface area contributed by atoms with Crippen molar-refractivity contribution in [2.75, 3.05) is 18.9 Å². The lowest BCUT2D eigenvalue weighted by molar-refractivity contribution is 0.103. The zero-order valence-corrected chi connectivity index (χ0v) is 15.7. The van der Waals surface area contributed by atoms with Crippen molar-refractivity contribution in [3.8, 4) is 22.9 Å². The summed E-state index contributed by atoms with van der Waals surface area (Å²) >= 11 is 0. The van der Waals surface area contributed by atoms with E-state index in [1.54, 1.807) is 13.0 Å². The minimum atomic E-state index is -0.615. The Hall–Kier alpha value is -3.52. The van der Waals surface area contributed by atoms with E-state index in [0.29, 0.717) is 12.0 Å². The number of aliphatic hydroxyl groups excluding tert-OH is 1. The number of hydrogen-bond donors (Lipinski definition) is 3. The number of aliphatic hydroxyl groups is 1. The third-order valence-electron chi connectivity index (χ3n) is 4.18. The minimum absolute atomic E-state index is 0.0338. The van der Waals surface area contributed by atoms with Crippen molar-refractivity contribution < 1.29 is 24.1 Å². The molecule has 0 spiro atoms. The van der Waals surface area contributed by atoms with Crippen molar-refractivity contribution in [1.82, 2.24) is 9.97 Å². The van der Waals surface area contributed by atoms with E-state index in [4.69, 9.17) is 15.6 Å². The van der Waals surface area contributed by atoms with Gasteiger partial charge in [0.25, 0.3) is 0 Å². The van der Waals surface area contributed by atoms with Gasteiger partial charge in [-0.15, -0.1) is 0 Å². The molecule has 4 N–H and O–H groups in total. The number of nitrogen functional groups attached to an aromatic ring is 1. The summed E-state index contributed by atoms with van der Waals surface area (Å²) in [5, 5.41) is 19.1. The highest BCUT2D eigenvalue weighted by atomic mass is 19.1. The molecular weight excluding hydrogens is 377 g/mol. The lowest BCUT2D eigenvalue weighted by atomic mass is 9.98. The van der Waals surface area contributed by atoms with Gasteiger partial charge in [0.2, 0.25) is 11.8 Å². The first-order valence-electron chi connectivity index (χ1n) is 8.91. The van der Waals surface area contributed by atoms with E-state index >= 15 is 0 Å². The Morgan fingerprint density at radius 1 is 1.17 bits per heavy atom. The van der Waals surface area contributed by atoms with Crippen LogP contribution in [-0.2, 0) is 0 Å². The summed E-state index contributed by atoms with van der Waals surface area (Å²) in [6, 6.07) is 9.98. The third kappa shape index (κ3) is 4.67. The van der Waals surface area contributed by atoms with Gasteiger partial charge < -0.3 is 20.7 Å². The number of ketones is 1. The van der Waals surface area contributed by atoms with E-state index < -0.39 is 11.6 Å². The molecule has 8 heteroatoms. The molecule has 1 heterocycles. The predicted octanol–water partition coefficient (Wildman–Crippen LogP) is 2.87. The van der Waals surface area contributed by atoms with Gasteiger partial charge in [0.05, 0.1) is 17.9 Å². The van der Waals surface area contributed by atoms with Gasteiger partial charge in [-0.3, -0.25) is 4.79 Å². The van der Waals surface area contributed by atoms with E-state index in [1.807, 2.05) is 0 Å². The second-order valence-electron chi connectivity index (χ2n) is 6.42. The normalized spacial score (nSPS) is 10.7. The smallest absolute Gasteiger partial charge is 0.223 e. The summed E-state index contributed by atoms with van der Waals surface area (Å²) in [5.74, 6) is -1.19. The fraction of sp³-hybridized carbons (Fsp3) is 0.190. The molecule has 3 aromatic rings. The summed E-state index contributed by atoms with van der Waals surface area (Å²) in [5.41, 5.74) is 7.01. The standard InChI is InChI=1S/C21H20FN3O4/c1-12-3-5-14(16(22)9-12)20(28)13-4-6-18(27)15(10-13)17-11-19(25-21(23)24-17)29-8-2-7-26/h3-6,9-11,26-27H,2,7-8H2,1H3,(H2,23,24,25). The number of aromatic nitrogens is 2. The van der Waals surface area contributed by atoms with Crippen LogP contribution in [0.5, 0.6) is 11.6 Å². The quantitative estimate of drug-likeness (QED) is 0.414. The van der Waals surface area contributed by atoms with Crippen molar-refractivity contribution in [3.63, 3.8) is 0 Å². The molecule has 0 amide bonds. The molecule has 0 aliphatic carbocycles. The number of nitrogens with two attached hydrogens (primary N) is 1. The predicted molar refractivity (Wildman–Crippen MR) is 105 cm³/mol. The maximum atomic E-state index is 14.2. The molecule has 0 radical (unpaired) electrons. The molecule has 7 nitrogen and oxygen atoms in total. The molecule has 0 aliphatic heterocycles. The van der Waals surface area contributed by atoms with Crippen molar-refractivity contribution >= 4 is 11.7 Å². The van der Waals surface area contributed by atoms with Crippen LogP contribution in [0.1, 0.15) is 27.9 Å². The van der Waals surface area contributed by atoms with Gasteiger partial charge in [0, 0.05) is 30.2 Å². The molecule has 150 valence electrons. The number of aromatic hydroxyl groups is 1. The van der Waals surface area contributed by atoms with Crippen LogP contribution >= 0.6 is 0 Å². The number of ether oxygens (including phenoxy) is 1. The number of anilines is 1. The SMILES string of the molecule is Cc1ccc(C(=O)c2ccc(O)c(-c3cc(OCCCO)nc(N)n3)c2)c(F)c1. The molecule has 1 aromatic heterocycles. The molecule has 3 rings (SSSR count). The molecule has 29 heavy (non-hydrogen) atoms. The van der Waals surface area contributed by atoms with Crippen LogP contribution in [0.4, 0.5) is 10.3 Å². The van der Waals surface area contributed by atoms with Crippen LogP contribution < -0.4 is 10.5 Å². The molecule has 0 atom stereocenters. The molecule has 0 aliphatic rings. The van der Waals surface area contributed by atoms with Gasteiger partial charge in [0.15, 0.2) is 5.78 Å². The average Bonchev–Trinajstić information content (AvgIpc) is 2.67. The summed E-state index contributed by atoms with van der Waals surface area (Å²) < 4.78 is 19.6. The molecule has 2 aromatic carbocycles. The molecule has 0 bridgehead atoms. The summed E-state index contributed by atoms with van der Waals surface area (Å²) in [6.07, 6.45) is 0.413. The molecule has 0 unspecified atom stereocenters. The monoisotopic (exact) mass is 397 g/mol. The van der Waals surface area contributed by atoms with Gasteiger partial charge in [-0.25, -0.2) is 9.37 Å². The highest BCUT2D eigenvalue weighted by Crippen LogP contribution is 2.31. The minimum Gasteiger partial charge on any atom is -0.507 e. The number of benzene rings is 2. The van der Waals surface area contributed by atoms with E-state index in [0.717, 1.165) is 0 Å². The Balaban J connectivity index is 1.98. The van der Waals surface area contributed by atoms with Crippen LogP contribution in [-0.4, -0.2) is 39.2 Å². The number of carbonyl (C=O) groups excluding carboxylic acids is 1. The number of nitrogens with zero attached hydrogens (tertiary/aromatic N) is 2. The van der Waals surface area contributed by atoms with E-state index in [9.17, 15) is 14.3 Å². The van der Waals surface area contributed by atoms with Gasteiger partial charge in [-0.1, -0.05) is 6.07 Å². The first-order chi connectivity index (χ1) is 13.9. The Labute approximate surface area is 166 Å². The first-order valence-corrected chi connectivity index (χ1v) is 8.91. The number of hydrogen-bond acceptors (Lipinski definition) is 7. The Bertz CT molecular complexity index is 1060. The lowest BCUT2D eigenvalue weighted by Crippen LogP contribution is -2.06. The second-order valence-corrected chi connectivity index (χ2v) is 6.42. The number of phenolic OH excluding ortho intramolecular Hbond substituents is 1. The Kier molecular flexibility index (Phi) is 6.04. The van der Waals surface area contributed by atoms with Gasteiger partial charge in [-0.05, 0) is 42.8 Å². The van der Waals surface area contributed by atoms with Crippen molar-refractivity contribution in [3.05, 3.63) is 65.0 Å². The summed E-state index contributed by atoms with van der Waals surface area (Å²) in [7, 11) is 0. The zero-order valence-electron chi connectivity index (χ0n) is 15.7. The average molecular weight is 397 g/mol. The van der Waals surface area contributed by atoms with Gasteiger partial charge in [-0.2, -0.15) is 4.98 Å². The zero-order chi connectivity index (χ0) is 21.0. The van der Waals surface area contributed by atoms with Crippen molar-refractivity contribution in [2.45, 2.75) is 13.3 Å². The number of halogens is 1. The van der Waals surface area contributed by atoms with E-state index in [1.165, 1.54) is 36.4 Å². The largest absolute Gasteiger partial charge is 0.507 e. The van der Waals surface area contributed by atoms with Gasteiger partial charge >= 0.3 is 0 Å². The van der Waals surface area contributed by atoms with E-state index in [-0.39, 0.29) is 53.2 Å². The van der Waals surface area contributed by atoms with Gasteiger partial charge in [0.1, 0.15) is 11.6 Å². The maximum absolute atomic E-state index is 14.2. The molecule has 0 saturated carbocycles. The molecule has 0 fully saturated rings. The van der Waals surface area contributed by atoms with Crippen molar-refractivity contribution in [1.29, 1.82) is 0 Å². The van der Waals surface area contributed by atoms with Crippen LogP contribution in [0.2, 0.25) is 0 Å². The van der Waals surface area contributed by atoms with Crippen molar-refractivity contribution in [2.24, 2.45) is 0 Å². The summed E-state index contributed by atoms with van der Waals surface area (Å²) in [4.78, 5) is 20.8. The highest BCUT2D eigenvalue weighted by Gasteiger charge is 2.17. The Morgan fingerprint density at radius 3 is 2.69 bits per heavy atom. The highest BCUT2D eigenvalue weighted by molar-refractivity contribution is 6.09.